The predicted octanol–water partition coefficient (Wildman–Crippen LogP) is 4.76. The van der Waals surface area contributed by atoms with Crippen LogP contribution in [-0.4, -0.2) is 53.0 Å². The molecule has 2 amide bonds. The number of fused-ring (bicyclic) bond motifs is 1. The van der Waals surface area contributed by atoms with Crippen molar-refractivity contribution in [1.29, 1.82) is 0 Å². The van der Waals surface area contributed by atoms with Crippen molar-refractivity contribution in [3.05, 3.63) is 82.5 Å². The van der Waals surface area contributed by atoms with Gasteiger partial charge in [0.05, 0.1) is 42.0 Å². The molecule has 1 spiro atoms. The van der Waals surface area contributed by atoms with Crippen LogP contribution in [0.25, 0.3) is 27.4 Å². The first-order chi connectivity index (χ1) is 19.6. The number of rotatable bonds is 6. The average molecular weight is 580 g/mol. The fourth-order valence-electron chi connectivity index (χ4n) is 4.93. The lowest BCUT2D eigenvalue weighted by atomic mass is 9.78. The Bertz CT molecular complexity index is 1650. The second-order valence-corrected chi connectivity index (χ2v) is 11.4. The van der Waals surface area contributed by atoms with Gasteiger partial charge in [0.25, 0.3) is 5.91 Å². The summed E-state index contributed by atoms with van der Waals surface area (Å²) in [5.41, 5.74) is 6.53. The SMILES string of the molecule is Nc1ccc(/C=C/C(=O)NCc2cc3cc(-c4ccc(C(=O)N5CC6(COC6)C5)cn4)cc(C(F)(F)F)c3s2)cn1. The fraction of sp³-hybridized carbons (Fsp3) is 0.241. The van der Waals surface area contributed by atoms with Crippen LogP contribution in [0.1, 0.15) is 26.4 Å². The number of hydrogen-bond donors (Lipinski definition) is 2. The first-order valence-electron chi connectivity index (χ1n) is 12.7. The maximum absolute atomic E-state index is 14.1. The molecule has 12 heteroatoms. The van der Waals surface area contributed by atoms with Gasteiger partial charge >= 0.3 is 6.18 Å². The van der Waals surface area contributed by atoms with Gasteiger partial charge in [-0.2, -0.15) is 13.2 Å². The molecule has 2 saturated heterocycles. The van der Waals surface area contributed by atoms with Crippen LogP contribution in [0.3, 0.4) is 0 Å². The van der Waals surface area contributed by atoms with Crippen LogP contribution < -0.4 is 11.1 Å². The van der Waals surface area contributed by atoms with Gasteiger partial charge < -0.3 is 20.7 Å². The molecule has 2 aliphatic rings. The number of nitrogens with zero attached hydrogens (tertiary/aromatic N) is 3. The largest absolute Gasteiger partial charge is 0.417 e. The van der Waals surface area contributed by atoms with E-state index in [1.807, 2.05) is 0 Å². The molecule has 0 atom stereocenters. The summed E-state index contributed by atoms with van der Waals surface area (Å²) in [6, 6.07) is 10.8. The van der Waals surface area contributed by atoms with Gasteiger partial charge in [-0.05, 0) is 59.5 Å². The number of anilines is 1. The summed E-state index contributed by atoms with van der Waals surface area (Å²) in [7, 11) is 0. The van der Waals surface area contributed by atoms with Crippen molar-refractivity contribution in [3.8, 4) is 11.3 Å². The Labute approximate surface area is 236 Å². The molecule has 0 radical (unpaired) electrons. The van der Waals surface area contributed by atoms with Crippen molar-refractivity contribution in [3.63, 3.8) is 0 Å². The minimum atomic E-state index is -4.59. The second kappa shape index (κ2) is 10.3. The number of halogens is 3. The van der Waals surface area contributed by atoms with Gasteiger partial charge in [-0.25, -0.2) is 4.98 Å². The van der Waals surface area contributed by atoms with E-state index in [1.165, 1.54) is 18.5 Å². The monoisotopic (exact) mass is 579 g/mol. The van der Waals surface area contributed by atoms with Crippen molar-refractivity contribution in [1.82, 2.24) is 20.2 Å². The number of pyridine rings is 2. The van der Waals surface area contributed by atoms with E-state index in [1.54, 1.807) is 47.4 Å². The third-order valence-corrected chi connectivity index (χ3v) is 8.29. The molecule has 5 heterocycles. The molecule has 0 aliphatic carbocycles. The number of carbonyl (C=O) groups is 2. The Balaban J connectivity index is 1.18. The highest BCUT2D eigenvalue weighted by Gasteiger charge is 2.50. The summed E-state index contributed by atoms with van der Waals surface area (Å²) >= 11 is 0.975. The number of hydrogen-bond acceptors (Lipinski definition) is 7. The Hall–Kier alpha value is -4.29. The van der Waals surface area contributed by atoms with Crippen molar-refractivity contribution in [2.24, 2.45) is 5.41 Å². The Morgan fingerprint density at radius 3 is 2.54 bits per heavy atom. The number of amides is 2. The summed E-state index contributed by atoms with van der Waals surface area (Å²) in [6.07, 6.45) is 1.22. The summed E-state index contributed by atoms with van der Waals surface area (Å²) in [5, 5.41) is 3.09. The summed E-state index contributed by atoms with van der Waals surface area (Å²) in [5.74, 6) is -0.192. The Morgan fingerprint density at radius 1 is 1.10 bits per heavy atom. The van der Waals surface area contributed by atoms with Gasteiger partial charge in [-0.3, -0.25) is 14.6 Å². The summed E-state index contributed by atoms with van der Waals surface area (Å²) in [6.45, 7) is 2.66. The summed E-state index contributed by atoms with van der Waals surface area (Å²) in [4.78, 5) is 35.6. The first kappa shape index (κ1) is 26.9. The smallest absolute Gasteiger partial charge is 0.384 e. The predicted molar refractivity (Wildman–Crippen MR) is 149 cm³/mol. The van der Waals surface area contributed by atoms with Gasteiger partial charge in [0.1, 0.15) is 5.82 Å². The zero-order valence-electron chi connectivity index (χ0n) is 21.6. The van der Waals surface area contributed by atoms with E-state index in [2.05, 4.69) is 15.3 Å². The minimum Gasteiger partial charge on any atom is -0.384 e. The molecule has 0 bridgehead atoms. The molecule has 1 aromatic carbocycles. The molecule has 4 aromatic rings. The lowest BCUT2D eigenvalue weighted by Crippen LogP contribution is -2.67. The quantitative estimate of drug-likeness (QED) is 0.319. The highest BCUT2D eigenvalue weighted by molar-refractivity contribution is 7.19. The number of thiophene rings is 1. The number of likely N-dealkylation sites (tertiary alicyclic amines) is 1. The molecule has 210 valence electrons. The van der Waals surface area contributed by atoms with Crippen LogP contribution in [0.15, 0.2) is 60.9 Å². The molecule has 8 nitrogen and oxygen atoms in total. The molecule has 0 saturated carbocycles. The van der Waals surface area contributed by atoms with Crippen molar-refractivity contribution >= 4 is 45.1 Å². The van der Waals surface area contributed by atoms with E-state index < -0.39 is 17.6 Å². The lowest BCUT2D eigenvalue weighted by molar-refractivity contribution is -0.176. The number of ether oxygens (including phenoxy) is 1. The number of nitrogen functional groups attached to an aromatic ring is 1. The van der Waals surface area contributed by atoms with Crippen LogP contribution in [0.5, 0.6) is 0 Å². The highest BCUT2D eigenvalue weighted by atomic mass is 32.1. The summed E-state index contributed by atoms with van der Waals surface area (Å²) < 4.78 is 47.5. The number of nitrogens with two attached hydrogens (primary N) is 1. The van der Waals surface area contributed by atoms with Gasteiger partial charge in [0, 0.05) is 46.7 Å². The number of aromatic nitrogens is 2. The van der Waals surface area contributed by atoms with Gasteiger partial charge in [-0.15, -0.1) is 11.3 Å². The highest BCUT2D eigenvalue weighted by Crippen LogP contribution is 2.42. The fourth-order valence-corrected chi connectivity index (χ4v) is 6.04. The van der Waals surface area contributed by atoms with E-state index >= 15 is 0 Å². The number of carbonyl (C=O) groups excluding carboxylic acids is 2. The van der Waals surface area contributed by atoms with Crippen LogP contribution in [0, 0.1) is 5.41 Å². The van der Waals surface area contributed by atoms with E-state index in [4.69, 9.17) is 10.5 Å². The van der Waals surface area contributed by atoms with E-state index in [9.17, 15) is 22.8 Å². The minimum absolute atomic E-state index is 0.0636. The lowest BCUT2D eigenvalue weighted by Gasteiger charge is -2.54. The van der Waals surface area contributed by atoms with Gasteiger partial charge in [0.15, 0.2) is 0 Å². The molecule has 41 heavy (non-hydrogen) atoms. The molecule has 3 N–H and O–H groups in total. The molecule has 2 aliphatic heterocycles. The number of alkyl halides is 3. The van der Waals surface area contributed by atoms with Gasteiger partial charge in [-0.1, -0.05) is 0 Å². The maximum Gasteiger partial charge on any atom is 0.417 e. The average Bonchev–Trinajstić information content (AvgIpc) is 3.32. The zero-order valence-corrected chi connectivity index (χ0v) is 22.4. The Kier molecular flexibility index (Phi) is 6.74. The van der Waals surface area contributed by atoms with Crippen LogP contribution >= 0.6 is 11.3 Å². The molecular formula is C29H24F3N5O3S. The second-order valence-electron chi connectivity index (χ2n) is 10.3. The van der Waals surface area contributed by atoms with E-state index in [0.29, 0.717) is 59.2 Å². The molecule has 3 aromatic heterocycles. The van der Waals surface area contributed by atoms with Crippen molar-refractivity contribution < 1.29 is 27.5 Å². The third kappa shape index (κ3) is 5.52. The van der Waals surface area contributed by atoms with Crippen LogP contribution in [-0.2, 0) is 22.3 Å². The third-order valence-electron chi connectivity index (χ3n) is 7.11. The Morgan fingerprint density at radius 2 is 1.90 bits per heavy atom. The molecular weight excluding hydrogens is 555 g/mol. The standard InChI is InChI=1S/C29H24F3N5O3S/c30-29(31,32)22-9-19(23-4-3-18(11-34-23)27(39)37-13-28(14-37)15-40-16-28)7-20-8-21(41-26(20)22)12-36-25(38)6-2-17-1-5-24(33)35-10-17/h1-11H,12-16H2,(H2,33,35)(H,36,38)/b6-2+. The van der Waals surface area contributed by atoms with E-state index in [0.717, 1.165) is 17.4 Å². The van der Waals surface area contributed by atoms with E-state index in [-0.39, 0.29) is 28.1 Å². The molecule has 0 unspecified atom stereocenters. The van der Waals surface area contributed by atoms with Gasteiger partial charge in [0.2, 0.25) is 5.91 Å². The molecule has 2 fully saturated rings. The maximum atomic E-state index is 14.1. The first-order valence-corrected chi connectivity index (χ1v) is 13.5. The number of benzene rings is 1. The van der Waals surface area contributed by atoms with Crippen molar-refractivity contribution in [2.75, 3.05) is 32.0 Å². The zero-order chi connectivity index (χ0) is 28.8. The number of nitrogens with one attached hydrogen (secondary N) is 1. The van der Waals surface area contributed by atoms with Crippen LogP contribution in [0.2, 0.25) is 0 Å². The topological polar surface area (TPSA) is 110 Å². The van der Waals surface area contributed by atoms with Crippen LogP contribution in [0.4, 0.5) is 19.0 Å². The molecule has 6 rings (SSSR count). The normalized spacial score (nSPS) is 16.1. The van der Waals surface area contributed by atoms with Crippen molar-refractivity contribution in [2.45, 2.75) is 12.7 Å².